The molecule has 5 rings (SSSR count). The summed E-state index contributed by atoms with van der Waals surface area (Å²) in [5, 5.41) is 11.0. The predicted molar refractivity (Wildman–Crippen MR) is 122 cm³/mol. The summed E-state index contributed by atoms with van der Waals surface area (Å²) in [5.41, 5.74) is 5.48. The van der Waals surface area contributed by atoms with E-state index in [4.69, 9.17) is 5.10 Å². The van der Waals surface area contributed by atoms with Crippen molar-refractivity contribution >= 4 is 11.7 Å². The summed E-state index contributed by atoms with van der Waals surface area (Å²) in [6, 6.07) is 14.2. The summed E-state index contributed by atoms with van der Waals surface area (Å²) >= 11 is 0. The third-order valence-corrected chi connectivity index (χ3v) is 5.62. The Kier molecular flexibility index (Phi) is 5.43. The zero-order valence-corrected chi connectivity index (χ0v) is 17.9. The molecule has 2 aromatic heterocycles. The second-order valence-electron chi connectivity index (χ2n) is 7.85. The van der Waals surface area contributed by atoms with Crippen LogP contribution in [-0.4, -0.2) is 27.2 Å². The molecule has 0 aliphatic carbocycles. The Bertz CT molecular complexity index is 1330. The maximum absolute atomic E-state index is 13.7. The number of hydrogen-bond acceptors (Lipinski definition) is 4. The van der Waals surface area contributed by atoms with Crippen molar-refractivity contribution in [3.8, 4) is 33.5 Å². The standard InChI is InChI=1S/C25H21F2N5O/c1-15(33)30-25-22(16-2-6-18(26)7-3-16)20(10-11-29-25)23-21-14-28-12-13-32(21)31-24(23)17-4-8-19(27)9-5-17/h2-11,28H,12-14H2,1H3,(H,29,30,33). The largest absolute Gasteiger partial charge is 0.310 e. The molecule has 33 heavy (non-hydrogen) atoms. The van der Waals surface area contributed by atoms with Crippen LogP contribution in [0.5, 0.6) is 0 Å². The molecule has 0 saturated heterocycles. The molecule has 0 bridgehead atoms. The Morgan fingerprint density at radius 2 is 1.64 bits per heavy atom. The van der Waals surface area contributed by atoms with Crippen LogP contribution in [-0.2, 0) is 17.9 Å². The minimum Gasteiger partial charge on any atom is -0.310 e. The van der Waals surface area contributed by atoms with E-state index in [0.29, 0.717) is 35.7 Å². The third-order valence-electron chi connectivity index (χ3n) is 5.62. The summed E-state index contributed by atoms with van der Waals surface area (Å²) in [6.07, 6.45) is 1.63. The molecule has 3 heterocycles. The van der Waals surface area contributed by atoms with Crippen molar-refractivity contribution in [2.75, 3.05) is 11.9 Å². The first kappa shape index (κ1) is 21.0. The maximum Gasteiger partial charge on any atom is 0.222 e. The second-order valence-corrected chi connectivity index (χ2v) is 7.85. The fourth-order valence-corrected chi connectivity index (χ4v) is 4.19. The monoisotopic (exact) mass is 445 g/mol. The molecule has 1 aliphatic heterocycles. The molecule has 0 spiro atoms. The number of fused-ring (bicyclic) bond motifs is 1. The molecule has 166 valence electrons. The van der Waals surface area contributed by atoms with Gasteiger partial charge in [0, 0.05) is 42.9 Å². The number of hydrogen-bond donors (Lipinski definition) is 2. The highest BCUT2D eigenvalue weighted by Gasteiger charge is 2.26. The Hall–Kier alpha value is -3.91. The zero-order valence-electron chi connectivity index (χ0n) is 17.9. The van der Waals surface area contributed by atoms with Crippen LogP contribution in [0.25, 0.3) is 33.5 Å². The number of carbonyl (C=O) groups is 1. The van der Waals surface area contributed by atoms with Crippen molar-refractivity contribution in [3.63, 3.8) is 0 Å². The van der Waals surface area contributed by atoms with Gasteiger partial charge in [-0.05, 0) is 53.6 Å². The number of anilines is 1. The number of halogens is 2. The average Bonchev–Trinajstić information content (AvgIpc) is 3.19. The molecule has 0 radical (unpaired) electrons. The van der Waals surface area contributed by atoms with E-state index in [-0.39, 0.29) is 17.5 Å². The molecule has 0 fully saturated rings. The first-order valence-electron chi connectivity index (χ1n) is 10.6. The molecule has 0 unspecified atom stereocenters. The van der Waals surface area contributed by atoms with Crippen molar-refractivity contribution in [1.29, 1.82) is 0 Å². The average molecular weight is 445 g/mol. The lowest BCUT2D eigenvalue weighted by molar-refractivity contribution is -0.114. The van der Waals surface area contributed by atoms with E-state index in [1.807, 2.05) is 10.7 Å². The van der Waals surface area contributed by atoms with Crippen LogP contribution in [0.1, 0.15) is 12.6 Å². The van der Waals surface area contributed by atoms with E-state index in [1.165, 1.54) is 31.2 Å². The van der Waals surface area contributed by atoms with E-state index in [1.54, 1.807) is 30.5 Å². The van der Waals surface area contributed by atoms with Gasteiger partial charge < -0.3 is 10.6 Å². The number of nitrogens with zero attached hydrogens (tertiary/aromatic N) is 3. The van der Waals surface area contributed by atoms with Gasteiger partial charge in [-0.2, -0.15) is 5.10 Å². The molecule has 2 aromatic carbocycles. The summed E-state index contributed by atoms with van der Waals surface area (Å²) in [4.78, 5) is 16.3. The third kappa shape index (κ3) is 4.01. The number of carbonyl (C=O) groups excluding carboxylic acids is 1. The van der Waals surface area contributed by atoms with E-state index < -0.39 is 0 Å². The van der Waals surface area contributed by atoms with Crippen LogP contribution in [0.2, 0.25) is 0 Å². The smallest absolute Gasteiger partial charge is 0.222 e. The van der Waals surface area contributed by atoms with Crippen LogP contribution in [0.3, 0.4) is 0 Å². The lowest BCUT2D eigenvalue weighted by atomic mass is 9.91. The quantitative estimate of drug-likeness (QED) is 0.481. The van der Waals surface area contributed by atoms with Crippen molar-refractivity contribution < 1.29 is 13.6 Å². The molecule has 8 heteroatoms. The number of pyridine rings is 1. The van der Waals surface area contributed by atoms with Crippen LogP contribution in [0.15, 0.2) is 60.8 Å². The molecule has 6 nitrogen and oxygen atoms in total. The van der Waals surface area contributed by atoms with E-state index >= 15 is 0 Å². The lowest BCUT2D eigenvalue weighted by Crippen LogP contribution is -2.28. The molecule has 2 N–H and O–H groups in total. The summed E-state index contributed by atoms with van der Waals surface area (Å²) in [5.74, 6) is -0.569. The minimum atomic E-state index is -0.357. The molecule has 1 aliphatic rings. The predicted octanol–water partition coefficient (Wildman–Crippen LogP) is 4.62. The number of amides is 1. The number of benzene rings is 2. The van der Waals surface area contributed by atoms with Gasteiger partial charge in [-0.25, -0.2) is 13.8 Å². The van der Waals surface area contributed by atoms with Crippen LogP contribution < -0.4 is 10.6 Å². The van der Waals surface area contributed by atoms with Gasteiger partial charge in [0.05, 0.1) is 12.2 Å². The molecule has 0 atom stereocenters. The van der Waals surface area contributed by atoms with Gasteiger partial charge in [0.15, 0.2) is 0 Å². The van der Waals surface area contributed by atoms with Crippen LogP contribution in [0, 0.1) is 11.6 Å². The van der Waals surface area contributed by atoms with Crippen LogP contribution >= 0.6 is 0 Å². The Morgan fingerprint density at radius 3 is 2.30 bits per heavy atom. The first-order valence-corrected chi connectivity index (χ1v) is 10.6. The summed E-state index contributed by atoms with van der Waals surface area (Å²) < 4.78 is 29.3. The van der Waals surface area contributed by atoms with Crippen molar-refractivity contribution in [1.82, 2.24) is 20.1 Å². The molecule has 1 amide bonds. The van der Waals surface area contributed by atoms with Crippen molar-refractivity contribution in [2.45, 2.75) is 20.0 Å². The highest BCUT2D eigenvalue weighted by atomic mass is 19.1. The zero-order chi connectivity index (χ0) is 22.9. The first-order chi connectivity index (χ1) is 16.0. The fraction of sp³-hybridized carbons (Fsp3) is 0.160. The normalized spacial score (nSPS) is 12.9. The fourth-order valence-electron chi connectivity index (χ4n) is 4.19. The topological polar surface area (TPSA) is 71.8 Å². The van der Waals surface area contributed by atoms with E-state index in [9.17, 15) is 13.6 Å². The van der Waals surface area contributed by atoms with Gasteiger partial charge in [-0.15, -0.1) is 0 Å². The number of aromatic nitrogens is 3. The van der Waals surface area contributed by atoms with Gasteiger partial charge in [0.2, 0.25) is 5.91 Å². The number of nitrogens with one attached hydrogen (secondary N) is 2. The molecule has 4 aromatic rings. The van der Waals surface area contributed by atoms with Crippen molar-refractivity contribution in [2.24, 2.45) is 0 Å². The van der Waals surface area contributed by atoms with E-state index in [2.05, 4.69) is 15.6 Å². The molecular weight excluding hydrogens is 424 g/mol. The SMILES string of the molecule is CC(=O)Nc1nccc(-c2c(-c3ccc(F)cc3)nn3c2CNCC3)c1-c1ccc(F)cc1. The number of rotatable bonds is 4. The van der Waals surface area contributed by atoms with Gasteiger partial charge in [0.25, 0.3) is 0 Å². The maximum atomic E-state index is 13.7. The van der Waals surface area contributed by atoms with Gasteiger partial charge in [0.1, 0.15) is 23.1 Å². The van der Waals surface area contributed by atoms with E-state index in [0.717, 1.165) is 28.9 Å². The highest BCUT2D eigenvalue weighted by molar-refractivity contribution is 6.00. The Balaban J connectivity index is 1.81. The second kappa shape index (κ2) is 8.55. The van der Waals surface area contributed by atoms with Gasteiger partial charge in [-0.1, -0.05) is 12.1 Å². The highest BCUT2D eigenvalue weighted by Crippen LogP contribution is 2.43. The molecule has 0 saturated carbocycles. The Labute approximate surface area is 189 Å². The van der Waals surface area contributed by atoms with Crippen LogP contribution in [0.4, 0.5) is 14.6 Å². The van der Waals surface area contributed by atoms with Gasteiger partial charge >= 0.3 is 0 Å². The van der Waals surface area contributed by atoms with Gasteiger partial charge in [-0.3, -0.25) is 9.48 Å². The summed E-state index contributed by atoms with van der Waals surface area (Å²) in [6.45, 7) is 3.50. The van der Waals surface area contributed by atoms with Crippen molar-refractivity contribution in [3.05, 3.63) is 78.1 Å². The minimum absolute atomic E-state index is 0.263. The Morgan fingerprint density at radius 1 is 0.970 bits per heavy atom. The summed E-state index contributed by atoms with van der Waals surface area (Å²) in [7, 11) is 0. The lowest BCUT2D eigenvalue weighted by Gasteiger charge is -2.19. The molecular formula is C25H21F2N5O.